The highest BCUT2D eigenvalue weighted by molar-refractivity contribution is 7.99. The lowest BCUT2D eigenvalue weighted by molar-refractivity contribution is -0.384. The van der Waals surface area contributed by atoms with E-state index in [1.807, 2.05) is 18.2 Å². The van der Waals surface area contributed by atoms with Gasteiger partial charge in [-0.1, -0.05) is 30.0 Å². The molecule has 13 heteroatoms. The molecular formula is C24H23N5O6S2. The lowest BCUT2D eigenvalue weighted by Gasteiger charge is -2.13. The van der Waals surface area contributed by atoms with Crippen LogP contribution in [0.5, 0.6) is 5.75 Å². The molecule has 1 N–H and O–H groups in total. The number of nitro groups is 1. The number of benzene rings is 3. The number of imidazole rings is 1. The second-order valence-electron chi connectivity index (χ2n) is 7.98. The first kappa shape index (κ1) is 26.1. The van der Waals surface area contributed by atoms with Crippen molar-refractivity contribution in [1.82, 2.24) is 13.9 Å². The van der Waals surface area contributed by atoms with Crippen LogP contribution < -0.4 is 10.1 Å². The number of thioether (sulfide) groups is 1. The Morgan fingerprint density at radius 3 is 2.59 bits per heavy atom. The quantitative estimate of drug-likeness (QED) is 0.191. The Kier molecular flexibility index (Phi) is 7.47. The summed E-state index contributed by atoms with van der Waals surface area (Å²) in [4.78, 5) is 28.2. The van der Waals surface area contributed by atoms with Gasteiger partial charge in [0.1, 0.15) is 5.75 Å². The van der Waals surface area contributed by atoms with Gasteiger partial charge in [-0.05, 0) is 36.4 Å². The minimum atomic E-state index is -3.65. The monoisotopic (exact) mass is 541 g/mol. The normalized spacial score (nSPS) is 11.6. The summed E-state index contributed by atoms with van der Waals surface area (Å²) in [6.07, 6.45) is 0. The van der Waals surface area contributed by atoms with Gasteiger partial charge in [-0.15, -0.1) is 0 Å². The third-order valence-corrected chi connectivity index (χ3v) is 8.12. The molecule has 0 spiro atoms. The predicted molar refractivity (Wildman–Crippen MR) is 141 cm³/mol. The highest BCUT2D eigenvalue weighted by Crippen LogP contribution is 2.34. The molecule has 0 saturated heterocycles. The molecule has 1 heterocycles. The van der Waals surface area contributed by atoms with Crippen LogP contribution in [0.3, 0.4) is 0 Å². The van der Waals surface area contributed by atoms with Crippen LogP contribution >= 0.6 is 11.8 Å². The van der Waals surface area contributed by atoms with Crippen LogP contribution in [0.25, 0.3) is 16.7 Å². The van der Waals surface area contributed by atoms with Gasteiger partial charge in [0.25, 0.3) is 5.69 Å². The van der Waals surface area contributed by atoms with E-state index < -0.39 is 14.9 Å². The van der Waals surface area contributed by atoms with Crippen LogP contribution in [0.4, 0.5) is 11.4 Å². The number of hydrogen-bond donors (Lipinski definition) is 1. The van der Waals surface area contributed by atoms with E-state index in [-0.39, 0.29) is 22.2 Å². The number of anilines is 1. The van der Waals surface area contributed by atoms with Gasteiger partial charge < -0.3 is 10.1 Å². The van der Waals surface area contributed by atoms with Crippen molar-refractivity contribution in [3.63, 3.8) is 0 Å². The Hall–Kier alpha value is -3.94. The molecule has 0 bridgehead atoms. The smallest absolute Gasteiger partial charge is 0.271 e. The number of nitro benzene ring substituents is 1. The van der Waals surface area contributed by atoms with Crippen molar-refractivity contribution in [2.75, 3.05) is 32.3 Å². The number of amides is 1. The third kappa shape index (κ3) is 5.43. The molecule has 0 aliphatic heterocycles. The molecule has 0 saturated carbocycles. The average Bonchev–Trinajstić information content (AvgIpc) is 3.24. The standard InChI is InChI=1S/C24H23N5O6S2/c1-27(2)37(33,34)18-8-6-7-16(13-18)25-23(30)15-36-24-26-19-14-17(29(31)32)11-12-20(19)28(24)21-9-4-5-10-22(21)35-3/h4-14H,15H2,1-3H3,(H,25,30). The molecule has 1 aromatic heterocycles. The van der Waals surface area contributed by atoms with Crippen molar-refractivity contribution >= 4 is 50.1 Å². The number of methoxy groups -OCH3 is 1. The minimum absolute atomic E-state index is 0.0504. The Bertz CT molecular complexity index is 1600. The third-order valence-electron chi connectivity index (χ3n) is 5.37. The van der Waals surface area contributed by atoms with Crippen LogP contribution in [0.2, 0.25) is 0 Å². The largest absolute Gasteiger partial charge is 0.495 e. The van der Waals surface area contributed by atoms with E-state index in [4.69, 9.17) is 4.74 Å². The van der Waals surface area contributed by atoms with Crippen LogP contribution in [-0.2, 0) is 14.8 Å². The summed E-state index contributed by atoms with van der Waals surface area (Å²) in [6, 6.07) is 17.6. The highest BCUT2D eigenvalue weighted by atomic mass is 32.2. The molecule has 0 radical (unpaired) electrons. The van der Waals surface area contributed by atoms with Gasteiger partial charge in [0.15, 0.2) is 5.16 Å². The number of hydrogen-bond acceptors (Lipinski definition) is 8. The van der Waals surface area contributed by atoms with Crippen molar-refractivity contribution in [1.29, 1.82) is 0 Å². The number of nitrogens with one attached hydrogen (secondary N) is 1. The van der Waals surface area contributed by atoms with Crippen LogP contribution in [0, 0.1) is 10.1 Å². The van der Waals surface area contributed by atoms with Crippen molar-refractivity contribution in [2.45, 2.75) is 10.1 Å². The maximum absolute atomic E-state index is 12.8. The van der Waals surface area contributed by atoms with Gasteiger partial charge in [-0.25, -0.2) is 17.7 Å². The fourth-order valence-corrected chi connectivity index (χ4v) is 5.35. The molecule has 0 unspecified atom stereocenters. The topological polar surface area (TPSA) is 137 Å². The molecule has 0 fully saturated rings. The van der Waals surface area contributed by atoms with E-state index in [2.05, 4.69) is 10.3 Å². The highest BCUT2D eigenvalue weighted by Gasteiger charge is 2.20. The Morgan fingerprint density at radius 1 is 1.14 bits per heavy atom. The molecular weight excluding hydrogens is 518 g/mol. The first-order valence-electron chi connectivity index (χ1n) is 10.9. The Morgan fingerprint density at radius 2 is 1.89 bits per heavy atom. The van der Waals surface area contributed by atoms with E-state index >= 15 is 0 Å². The van der Waals surface area contributed by atoms with E-state index in [9.17, 15) is 23.3 Å². The zero-order valence-corrected chi connectivity index (χ0v) is 21.7. The number of carbonyl (C=O) groups is 1. The van der Waals surface area contributed by atoms with Gasteiger partial charge in [0.2, 0.25) is 15.9 Å². The predicted octanol–water partition coefficient (Wildman–Crippen LogP) is 3.92. The average molecular weight is 542 g/mol. The van der Waals surface area contributed by atoms with Crippen molar-refractivity contribution in [2.24, 2.45) is 0 Å². The van der Waals surface area contributed by atoms with Crippen LogP contribution in [0.15, 0.2) is 76.8 Å². The molecule has 11 nitrogen and oxygen atoms in total. The maximum atomic E-state index is 12.8. The molecule has 4 rings (SSSR count). The molecule has 0 atom stereocenters. The van der Waals surface area contributed by atoms with Crippen molar-refractivity contribution in [3.8, 4) is 11.4 Å². The number of rotatable bonds is 9. The van der Waals surface area contributed by atoms with Crippen molar-refractivity contribution < 1.29 is 22.9 Å². The van der Waals surface area contributed by atoms with Crippen LogP contribution in [-0.4, -0.2) is 60.1 Å². The summed E-state index contributed by atoms with van der Waals surface area (Å²) < 4.78 is 33.2. The first-order chi connectivity index (χ1) is 17.6. The number of non-ortho nitro benzene ring substituents is 1. The fraction of sp³-hybridized carbons (Fsp3) is 0.167. The lowest BCUT2D eigenvalue weighted by atomic mass is 10.2. The summed E-state index contributed by atoms with van der Waals surface area (Å²) in [6.45, 7) is 0. The number of nitrogens with zero attached hydrogens (tertiary/aromatic N) is 4. The zero-order valence-electron chi connectivity index (χ0n) is 20.1. The molecule has 0 aliphatic carbocycles. The van der Waals surface area contributed by atoms with Gasteiger partial charge in [-0.2, -0.15) is 0 Å². The number of ether oxygens (including phenoxy) is 1. The number of fused-ring (bicyclic) bond motifs is 1. The van der Waals surface area contributed by atoms with Gasteiger partial charge >= 0.3 is 0 Å². The van der Waals surface area contributed by atoms with E-state index in [0.29, 0.717) is 33.3 Å². The Balaban J connectivity index is 1.63. The van der Waals surface area contributed by atoms with E-state index in [1.165, 1.54) is 45.5 Å². The SMILES string of the molecule is COc1ccccc1-n1c(SCC(=O)Nc2cccc(S(=O)(=O)N(C)C)c2)nc2cc([N+](=O)[O-])ccc21. The second-order valence-corrected chi connectivity index (χ2v) is 11.1. The van der Waals surface area contributed by atoms with Gasteiger partial charge in [-0.3, -0.25) is 19.5 Å². The maximum Gasteiger partial charge on any atom is 0.271 e. The first-order valence-corrected chi connectivity index (χ1v) is 13.3. The fourth-order valence-electron chi connectivity index (χ4n) is 3.58. The Labute approximate surface area is 217 Å². The molecule has 1 amide bonds. The number of para-hydroxylation sites is 2. The van der Waals surface area contributed by atoms with Gasteiger partial charge in [0.05, 0.1) is 39.4 Å². The number of aromatic nitrogens is 2. The second kappa shape index (κ2) is 10.6. The molecule has 37 heavy (non-hydrogen) atoms. The molecule has 0 aliphatic rings. The summed E-state index contributed by atoms with van der Waals surface area (Å²) in [5, 5.41) is 14.4. The van der Waals surface area contributed by atoms with Gasteiger partial charge in [0, 0.05) is 31.9 Å². The summed E-state index contributed by atoms with van der Waals surface area (Å²) >= 11 is 1.13. The number of sulfonamides is 1. The summed E-state index contributed by atoms with van der Waals surface area (Å²) in [5.74, 6) is 0.130. The van der Waals surface area contributed by atoms with Crippen LogP contribution in [0.1, 0.15) is 0 Å². The molecule has 3 aromatic carbocycles. The van der Waals surface area contributed by atoms with E-state index in [1.54, 1.807) is 28.8 Å². The molecule has 4 aromatic rings. The molecule has 192 valence electrons. The van der Waals surface area contributed by atoms with Crippen molar-refractivity contribution in [3.05, 3.63) is 76.8 Å². The van der Waals surface area contributed by atoms with E-state index in [0.717, 1.165) is 16.1 Å². The lowest BCUT2D eigenvalue weighted by Crippen LogP contribution is -2.22. The summed E-state index contributed by atoms with van der Waals surface area (Å²) in [5.41, 5.74) is 1.90. The zero-order chi connectivity index (χ0) is 26.7. The minimum Gasteiger partial charge on any atom is -0.495 e. The summed E-state index contributed by atoms with van der Waals surface area (Å²) in [7, 11) is 0.742. The number of carbonyl (C=O) groups excluding carboxylic acids is 1.